The molecule has 1 rings (SSSR count). The molecule has 0 aromatic carbocycles. The van der Waals surface area contributed by atoms with Gasteiger partial charge in [0.05, 0.1) is 6.54 Å². The molecule has 0 spiro atoms. The zero-order valence-corrected chi connectivity index (χ0v) is 13.7. The highest BCUT2D eigenvalue weighted by atomic mass is 15.3. The molecule has 0 fully saturated rings. The molecule has 4 nitrogen and oxygen atoms in total. The van der Waals surface area contributed by atoms with E-state index in [2.05, 4.69) is 68.0 Å². The van der Waals surface area contributed by atoms with Gasteiger partial charge < -0.3 is 14.8 Å². The van der Waals surface area contributed by atoms with Gasteiger partial charge in [0.2, 0.25) is 0 Å². The Labute approximate surface area is 123 Å². The van der Waals surface area contributed by atoms with Crippen LogP contribution in [0.3, 0.4) is 0 Å². The van der Waals surface area contributed by atoms with Crippen molar-refractivity contribution in [3.63, 3.8) is 0 Å². The van der Waals surface area contributed by atoms with Gasteiger partial charge in [-0.05, 0) is 37.8 Å². The van der Waals surface area contributed by atoms with Crippen LogP contribution in [0, 0.1) is 5.92 Å². The predicted octanol–water partition coefficient (Wildman–Crippen LogP) is 2.86. The van der Waals surface area contributed by atoms with Crippen LogP contribution in [0.5, 0.6) is 0 Å². The lowest BCUT2D eigenvalue weighted by molar-refractivity contribution is 0.460. The van der Waals surface area contributed by atoms with E-state index in [1.807, 2.05) is 0 Å². The lowest BCUT2D eigenvalue weighted by Crippen LogP contribution is -2.38. The van der Waals surface area contributed by atoms with Crippen LogP contribution in [0.1, 0.15) is 39.3 Å². The van der Waals surface area contributed by atoms with Crippen LogP contribution < -0.4 is 5.32 Å². The lowest BCUT2D eigenvalue weighted by Gasteiger charge is -2.22. The van der Waals surface area contributed by atoms with E-state index < -0.39 is 0 Å². The maximum Gasteiger partial charge on any atom is 0.194 e. The average molecular weight is 278 g/mol. The fraction of sp³-hybridized carbons (Fsp3) is 0.688. The molecule has 114 valence electrons. The Hall–Kier alpha value is -1.45. The van der Waals surface area contributed by atoms with Gasteiger partial charge in [0, 0.05) is 39.1 Å². The van der Waals surface area contributed by atoms with E-state index in [1.165, 1.54) is 12.1 Å². The summed E-state index contributed by atoms with van der Waals surface area (Å²) < 4.78 is 2.15. The fourth-order valence-electron chi connectivity index (χ4n) is 2.13. The van der Waals surface area contributed by atoms with Crippen LogP contribution in [0.15, 0.2) is 23.3 Å². The zero-order chi connectivity index (χ0) is 15.0. The van der Waals surface area contributed by atoms with Crippen LogP contribution >= 0.6 is 0 Å². The Bertz CT molecular complexity index is 406. The van der Waals surface area contributed by atoms with Crippen molar-refractivity contribution in [3.05, 3.63) is 24.0 Å². The molecule has 20 heavy (non-hydrogen) atoms. The molecule has 1 aromatic rings. The van der Waals surface area contributed by atoms with Crippen molar-refractivity contribution in [3.8, 4) is 0 Å². The first-order chi connectivity index (χ1) is 9.54. The molecule has 0 aliphatic rings. The van der Waals surface area contributed by atoms with Crippen molar-refractivity contribution >= 4 is 5.96 Å². The van der Waals surface area contributed by atoms with E-state index in [0.29, 0.717) is 0 Å². The summed E-state index contributed by atoms with van der Waals surface area (Å²) in [6.07, 6.45) is 4.48. The van der Waals surface area contributed by atoms with Gasteiger partial charge in [0.1, 0.15) is 0 Å². The number of hydrogen-bond acceptors (Lipinski definition) is 1. The van der Waals surface area contributed by atoms with Gasteiger partial charge in [0.15, 0.2) is 5.96 Å². The monoisotopic (exact) mass is 278 g/mol. The average Bonchev–Trinajstić information content (AvgIpc) is 2.78. The highest BCUT2D eigenvalue weighted by Gasteiger charge is 2.07. The molecular weight excluding hydrogens is 248 g/mol. The minimum Gasteiger partial charge on any atom is -0.357 e. The quantitative estimate of drug-likeness (QED) is 0.472. The molecule has 0 radical (unpaired) electrons. The summed E-state index contributed by atoms with van der Waals surface area (Å²) in [4.78, 5) is 6.91. The van der Waals surface area contributed by atoms with Crippen molar-refractivity contribution in [1.29, 1.82) is 0 Å². The molecule has 1 heterocycles. The number of aryl methyl sites for hydroxylation is 1. The molecule has 1 N–H and O–H groups in total. The number of nitrogens with one attached hydrogen (secondary N) is 1. The predicted molar refractivity (Wildman–Crippen MR) is 86.9 cm³/mol. The lowest BCUT2D eigenvalue weighted by atomic mass is 10.1. The SMILES string of the molecule is CCNC(=NCCCC(C)C)N(C)Cc1cccn1C. The standard InChI is InChI=1S/C16H30N4/c1-6-17-16(18-11-7-9-14(2)3)20(5)13-15-10-8-12-19(15)4/h8,10,12,14H,6-7,9,11,13H2,1-5H3,(H,17,18). The summed E-state index contributed by atoms with van der Waals surface area (Å²) in [5, 5.41) is 3.37. The molecule has 0 aliphatic heterocycles. The smallest absolute Gasteiger partial charge is 0.194 e. The van der Waals surface area contributed by atoms with Gasteiger partial charge in [-0.25, -0.2) is 0 Å². The normalized spacial score (nSPS) is 12.0. The molecule has 0 amide bonds. The fourth-order valence-corrected chi connectivity index (χ4v) is 2.13. The van der Waals surface area contributed by atoms with Crippen LogP contribution in [0.4, 0.5) is 0 Å². The zero-order valence-electron chi connectivity index (χ0n) is 13.7. The van der Waals surface area contributed by atoms with Gasteiger partial charge in [-0.1, -0.05) is 13.8 Å². The third-order valence-corrected chi connectivity index (χ3v) is 3.35. The van der Waals surface area contributed by atoms with E-state index >= 15 is 0 Å². The van der Waals surface area contributed by atoms with Crippen molar-refractivity contribution in [2.45, 2.75) is 40.2 Å². The third kappa shape index (κ3) is 5.68. The number of hydrogen-bond donors (Lipinski definition) is 1. The van der Waals surface area contributed by atoms with Crippen molar-refractivity contribution in [2.75, 3.05) is 20.1 Å². The maximum atomic E-state index is 4.72. The minimum absolute atomic E-state index is 0.758. The summed E-state index contributed by atoms with van der Waals surface area (Å²) in [5.74, 6) is 1.76. The van der Waals surface area contributed by atoms with Crippen molar-refractivity contribution < 1.29 is 0 Å². The molecule has 4 heteroatoms. The van der Waals surface area contributed by atoms with Crippen LogP contribution in [0.2, 0.25) is 0 Å². The molecule has 0 bridgehead atoms. The number of nitrogens with zero attached hydrogens (tertiary/aromatic N) is 3. The maximum absolute atomic E-state index is 4.72. The van der Waals surface area contributed by atoms with E-state index in [9.17, 15) is 0 Å². The minimum atomic E-state index is 0.758. The number of guanidine groups is 1. The summed E-state index contributed by atoms with van der Waals surface area (Å²) in [7, 11) is 4.17. The summed E-state index contributed by atoms with van der Waals surface area (Å²) >= 11 is 0. The van der Waals surface area contributed by atoms with Crippen LogP contribution in [0.25, 0.3) is 0 Å². The first kappa shape index (κ1) is 16.6. The topological polar surface area (TPSA) is 32.6 Å². The molecule has 0 aliphatic carbocycles. The second-order valence-electron chi connectivity index (χ2n) is 5.74. The Morgan fingerprint density at radius 3 is 2.75 bits per heavy atom. The summed E-state index contributed by atoms with van der Waals surface area (Å²) in [6.45, 7) is 9.31. The highest BCUT2D eigenvalue weighted by Crippen LogP contribution is 2.05. The van der Waals surface area contributed by atoms with Crippen LogP contribution in [-0.4, -0.2) is 35.6 Å². The Morgan fingerprint density at radius 1 is 1.45 bits per heavy atom. The highest BCUT2D eigenvalue weighted by molar-refractivity contribution is 5.79. The third-order valence-electron chi connectivity index (χ3n) is 3.35. The van der Waals surface area contributed by atoms with E-state index in [-0.39, 0.29) is 0 Å². The second kappa shape index (κ2) is 8.67. The summed E-state index contributed by atoms with van der Waals surface area (Å²) in [5.41, 5.74) is 1.29. The molecule has 0 unspecified atom stereocenters. The first-order valence-corrected chi connectivity index (χ1v) is 7.64. The van der Waals surface area contributed by atoms with Gasteiger partial charge in [0.25, 0.3) is 0 Å². The molecule has 1 aromatic heterocycles. The molecule has 0 saturated carbocycles. The largest absolute Gasteiger partial charge is 0.357 e. The Kier molecular flexibility index (Phi) is 7.20. The van der Waals surface area contributed by atoms with Crippen LogP contribution in [-0.2, 0) is 13.6 Å². The first-order valence-electron chi connectivity index (χ1n) is 7.64. The van der Waals surface area contributed by atoms with Gasteiger partial charge in [-0.3, -0.25) is 4.99 Å². The van der Waals surface area contributed by atoms with Gasteiger partial charge in [-0.15, -0.1) is 0 Å². The second-order valence-corrected chi connectivity index (χ2v) is 5.74. The number of rotatable bonds is 7. The molecular formula is C16H30N4. The molecule has 0 saturated heterocycles. The van der Waals surface area contributed by atoms with E-state index in [4.69, 9.17) is 4.99 Å². The van der Waals surface area contributed by atoms with Crippen molar-refractivity contribution in [2.24, 2.45) is 18.0 Å². The van der Waals surface area contributed by atoms with Gasteiger partial charge in [-0.2, -0.15) is 0 Å². The van der Waals surface area contributed by atoms with E-state index in [1.54, 1.807) is 0 Å². The molecule has 0 atom stereocenters. The Balaban J connectivity index is 2.55. The van der Waals surface area contributed by atoms with E-state index in [0.717, 1.165) is 37.9 Å². The number of aliphatic imine (C=N–C) groups is 1. The summed E-state index contributed by atoms with van der Waals surface area (Å²) in [6, 6.07) is 4.23. The Morgan fingerprint density at radius 2 is 2.20 bits per heavy atom. The number of aromatic nitrogens is 1. The van der Waals surface area contributed by atoms with Crippen molar-refractivity contribution in [1.82, 2.24) is 14.8 Å². The van der Waals surface area contributed by atoms with Gasteiger partial charge >= 0.3 is 0 Å².